The number of aromatic nitrogens is 5. The van der Waals surface area contributed by atoms with Crippen molar-refractivity contribution in [2.45, 2.75) is 44.7 Å². The summed E-state index contributed by atoms with van der Waals surface area (Å²) >= 11 is 0. The number of rotatable bonds is 7. The van der Waals surface area contributed by atoms with E-state index in [1.54, 1.807) is 6.07 Å². The summed E-state index contributed by atoms with van der Waals surface area (Å²) in [4.78, 5) is 16.0. The third kappa shape index (κ3) is 5.83. The van der Waals surface area contributed by atoms with Gasteiger partial charge in [0.1, 0.15) is 17.7 Å². The molecule has 0 bridgehead atoms. The Hall–Kier alpha value is -3.55. The fourth-order valence-electron chi connectivity index (χ4n) is 3.23. The number of H-pyrrole nitrogens is 1. The number of nitrogens with zero attached hydrogens (tertiary/aromatic N) is 4. The van der Waals surface area contributed by atoms with E-state index in [0.29, 0.717) is 29.3 Å². The maximum Gasteiger partial charge on any atom is 0.422 e. The van der Waals surface area contributed by atoms with Gasteiger partial charge in [-0.2, -0.15) is 18.3 Å². The number of carbonyl (C=O) groups excluding carboxylic acids is 1. The second kappa shape index (κ2) is 9.13. The number of alkyl halides is 3. The molecule has 4 heterocycles. The highest BCUT2D eigenvalue weighted by atomic mass is 19.4. The Labute approximate surface area is 185 Å². The first-order valence-electron chi connectivity index (χ1n) is 10.1. The Balaban J connectivity index is 1.39. The summed E-state index contributed by atoms with van der Waals surface area (Å²) in [7, 11) is 0. The predicted octanol–water partition coefficient (Wildman–Crippen LogP) is 3.10. The van der Waals surface area contributed by atoms with Crippen LogP contribution in [0.2, 0.25) is 0 Å². The Kier molecular flexibility index (Phi) is 6.26. The molecule has 0 unspecified atom stereocenters. The van der Waals surface area contributed by atoms with Crippen molar-refractivity contribution < 1.29 is 32.2 Å². The summed E-state index contributed by atoms with van der Waals surface area (Å²) in [6.07, 6.45) is -2.30. The molecule has 0 spiro atoms. The van der Waals surface area contributed by atoms with E-state index < -0.39 is 18.9 Å². The third-order valence-electron chi connectivity index (χ3n) is 4.58. The number of ether oxygens (including phenoxy) is 3. The molecule has 0 aromatic carbocycles. The molecule has 178 valence electrons. The van der Waals surface area contributed by atoms with Gasteiger partial charge in [-0.05, 0) is 13.8 Å². The van der Waals surface area contributed by atoms with E-state index in [0.717, 1.165) is 0 Å². The molecule has 1 fully saturated rings. The molecule has 1 amide bonds. The Morgan fingerprint density at radius 1 is 1.39 bits per heavy atom. The summed E-state index contributed by atoms with van der Waals surface area (Å²) < 4.78 is 54.3. The van der Waals surface area contributed by atoms with E-state index in [1.807, 2.05) is 13.8 Å². The molecule has 3 aromatic heterocycles. The van der Waals surface area contributed by atoms with Crippen molar-refractivity contribution in [1.29, 1.82) is 0 Å². The van der Waals surface area contributed by atoms with Crippen LogP contribution < -0.4 is 15.4 Å². The maximum atomic E-state index is 12.4. The summed E-state index contributed by atoms with van der Waals surface area (Å²) in [6, 6.07) is 3.03. The molecule has 33 heavy (non-hydrogen) atoms. The van der Waals surface area contributed by atoms with Gasteiger partial charge in [0, 0.05) is 37.0 Å². The normalized spacial score (nSPS) is 18.6. The van der Waals surface area contributed by atoms with Crippen LogP contribution in [-0.2, 0) is 9.47 Å². The molecular formula is C19H22F3N7O4. The lowest BCUT2D eigenvalue weighted by molar-refractivity contribution is -0.154. The van der Waals surface area contributed by atoms with Gasteiger partial charge in [0.25, 0.3) is 0 Å². The van der Waals surface area contributed by atoms with E-state index in [-0.39, 0.29) is 30.7 Å². The first-order valence-corrected chi connectivity index (χ1v) is 10.1. The summed E-state index contributed by atoms with van der Waals surface area (Å²) in [5, 5.41) is 16.7. The zero-order valence-corrected chi connectivity index (χ0v) is 17.7. The van der Waals surface area contributed by atoms with Crippen LogP contribution in [0, 0.1) is 0 Å². The van der Waals surface area contributed by atoms with Crippen LogP contribution in [0.5, 0.6) is 5.88 Å². The molecule has 11 nitrogen and oxygen atoms in total. The highest BCUT2D eigenvalue weighted by Gasteiger charge is 2.31. The first-order chi connectivity index (χ1) is 15.7. The zero-order valence-electron chi connectivity index (χ0n) is 17.7. The number of alkyl carbamates (subject to hydrolysis) is 1. The van der Waals surface area contributed by atoms with Crippen molar-refractivity contribution in [2.75, 3.05) is 18.5 Å². The van der Waals surface area contributed by atoms with E-state index in [1.165, 1.54) is 23.0 Å². The number of anilines is 2. The standard InChI is InChI=1S/C19H22F3N7O4/c1-10(2)24-18(30)33-11-5-14(31-8-11)12-6-15(27-26-12)25-17-13-7-16(32-9-19(20,21)22)28-29(13)4-3-23-17/h3-4,6-7,10-11,14H,5,8-9H2,1-2H3,(H,24,30)(H2,23,25,26,27)/t11-,14-/m0/s1. The van der Waals surface area contributed by atoms with Crippen LogP contribution >= 0.6 is 0 Å². The molecule has 0 radical (unpaired) electrons. The molecule has 4 rings (SSSR count). The monoisotopic (exact) mass is 469 g/mol. The summed E-state index contributed by atoms with van der Waals surface area (Å²) in [5.74, 6) is 0.553. The van der Waals surface area contributed by atoms with Crippen molar-refractivity contribution in [3.8, 4) is 5.88 Å². The molecule has 0 saturated carbocycles. The van der Waals surface area contributed by atoms with Gasteiger partial charge < -0.3 is 24.8 Å². The average Bonchev–Trinajstić information content (AvgIpc) is 3.44. The molecule has 1 saturated heterocycles. The Morgan fingerprint density at radius 3 is 2.97 bits per heavy atom. The van der Waals surface area contributed by atoms with Gasteiger partial charge >= 0.3 is 12.3 Å². The molecule has 1 aliphatic rings. The van der Waals surface area contributed by atoms with Crippen LogP contribution in [0.25, 0.3) is 5.52 Å². The Bertz CT molecular complexity index is 1110. The number of halogens is 3. The Morgan fingerprint density at radius 2 is 2.21 bits per heavy atom. The van der Waals surface area contributed by atoms with Crippen molar-refractivity contribution in [3.63, 3.8) is 0 Å². The number of carbonyl (C=O) groups is 1. The number of aromatic amines is 1. The van der Waals surface area contributed by atoms with Crippen LogP contribution in [0.4, 0.5) is 29.6 Å². The topological polar surface area (TPSA) is 128 Å². The van der Waals surface area contributed by atoms with Gasteiger partial charge in [-0.15, -0.1) is 5.10 Å². The SMILES string of the molecule is CC(C)NC(=O)O[C@@H]1CO[C@H](c2cc(Nc3nccn4nc(OCC(F)(F)F)cc34)n[nH]2)C1. The maximum absolute atomic E-state index is 12.4. The van der Waals surface area contributed by atoms with E-state index >= 15 is 0 Å². The number of amides is 1. The fraction of sp³-hybridized carbons (Fsp3) is 0.474. The minimum atomic E-state index is -4.47. The summed E-state index contributed by atoms with van der Waals surface area (Å²) in [6.45, 7) is 2.49. The van der Waals surface area contributed by atoms with E-state index in [2.05, 4.69) is 30.9 Å². The van der Waals surface area contributed by atoms with Gasteiger partial charge in [0.05, 0.1) is 12.3 Å². The van der Waals surface area contributed by atoms with Crippen LogP contribution in [0.15, 0.2) is 24.5 Å². The number of nitrogens with one attached hydrogen (secondary N) is 3. The number of hydrogen-bond donors (Lipinski definition) is 3. The number of fused-ring (bicyclic) bond motifs is 1. The molecule has 2 atom stereocenters. The fourth-order valence-corrected chi connectivity index (χ4v) is 3.23. The molecule has 0 aliphatic carbocycles. The second-order valence-electron chi connectivity index (χ2n) is 7.71. The predicted molar refractivity (Wildman–Crippen MR) is 108 cm³/mol. The van der Waals surface area contributed by atoms with Gasteiger partial charge in [0.15, 0.2) is 18.2 Å². The smallest absolute Gasteiger partial charge is 0.422 e. The van der Waals surface area contributed by atoms with E-state index in [9.17, 15) is 18.0 Å². The molecule has 3 N–H and O–H groups in total. The lowest BCUT2D eigenvalue weighted by Gasteiger charge is -2.13. The average molecular weight is 469 g/mol. The summed E-state index contributed by atoms with van der Waals surface area (Å²) in [5.41, 5.74) is 1.07. The molecular weight excluding hydrogens is 447 g/mol. The lowest BCUT2D eigenvalue weighted by atomic mass is 10.1. The van der Waals surface area contributed by atoms with Gasteiger partial charge in [0.2, 0.25) is 5.88 Å². The molecule has 14 heteroatoms. The van der Waals surface area contributed by atoms with Crippen LogP contribution in [-0.4, -0.2) is 62.4 Å². The van der Waals surface area contributed by atoms with Crippen molar-refractivity contribution in [1.82, 2.24) is 30.1 Å². The van der Waals surface area contributed by atoms with Crippen molar-refractivity contribution >= 4 is 23.2 Å². The lowest BCUT2D eigenvalue weighted by Crippen LogP contribution is -2.33. The van der Waals surface area contributed by atoms with Crippen molar-refractivity contribution in [3.05, 3.63) is 30.2 Å². The highest BCUT2D eigenvalue weighted by Crippen LogP contribution is 2.31. The largest absolute Gasteiger partial charge is 0.467 e. The molecule has 3 aromatic rings. The zero-order chi connectivity index (χ0) is 23.6. The minimum Gasteiger partial charge on any atom is -0.467 e. The van der Waals surface area contributed by atoms with Gasteiger partial charge in [-0.1, -0.05) is 0 Å². The quantitative estimate of drug-likeness (QED) is 0.482. The van der Waals surface area contributed by atoms with Crippen LogP contribution in [0.1, 0.15) is 32.1 Å². The van der Waals surface area contributed by atoms with E-state index in [4.69, 9.17) is 14.2 Å². The van der Waals surface area contributed by atoms with Gasteiger partial charge in [-0.25, -0.2) is 14.3 Å². The van der Waals surface area contributed by atoms with Crippen LogP contribution in [0.3, 0.4) is 0 Å². The second-order valence-corrected chi connectivity index (χ2v) is 7.71. The first kappa shape index (κ1) is 22.6. The third-order valence-corrected chi connectivity index (χ3v) is 4.58. The minimum absolute atomic E-state index is 0.0296. The molecule has 1 aliphatic heterocycles. The number of hydrogen-bond acceptors (Lipinski definition) is 8. The highest BCUT2D eigenvalue weighted by molar-refractivity contribution is 5.72. The van der Waals surface area contributed by atoms with Crippen molar-refractivity contribution in [2.24, 2.45) is 0 Å². The van der Waals surface area contributed by atoms with Gasteiger partial charge in [-0.3, -0.25) is 5.10 Å².